The minimum atomic E-state index is -0.743. The summed E-state index contributed by atoms with van der Waals surface area (Å²) in [4.78, 5) is 2.17. The highest BCUT2D eigenvalue weighted by Gasteiger charge is 2.22. The second kappa shape index (κ2) is 6.85. The molecule has 0 aromatic heterocycles. The number of nitrogens with zero attached hydrogens (tertiary/aromatic N) is 2. The summed E-state index contributed by atoms with van der Waals surface area (Å²) in [5.41, 5.74) is 5.07. The predicted octanol–water partition coefficient (Wildman–Crippen LogP) is 1.36. The molecule has 0 heterocycles. The molecule has 0 aliphatic rings. The topological polar surface area (TPSA) is 62.3 Å². The predicted molar refractivity (Wildman–Crippen MR) is 66.0 cm³/mol. The van der Waals surface area contributed by atoms with Gasteiger partial charge in [0.05, 0.1) is 18.8 Å². The van der Waals surface area contributed by atoms with E-state index in [1.165, 1.54) is 0 Å². The lowest BCUT2D eigenvalue weighted by Gasteiger charge is -2.29. The molecule has 0 spiro atoms. The van der Waals surface area contributed by atoms with Gasteiger partial charge in [0.1, 0.15) is 5.54 Å². The third-order valence-electron chi connectivity index (χ3n) is 2.62. The Labute approximate surface area is 99.4 Å². The van der Waals surface area contributed by atoms with Crippen LogP contribution in [0.2, 0.25) is 0 Å². The molecule has 0 aromatic carbocycles. The van der Waals surface area contributed by atoms with Crippen LogP contribution in [0.3, 0.4) is 0 Å². The van der Waals surface area contributed by atoms with Gasteiger partial charge in [-0.15, -0.1) is 0 Å². The number of hydrogen-bond donors (Lipinski definition) is 1. The standard InChI is InChI=1S/C12H25N3O/c1-10(2)16-7-6-15(5)11(3)8-12(4,14)9-13/h10-11H,6-8,14H2,1-5H3. The summed E-state index contributed by atoms with van der Waals surface area (Å²) in [6, 6.07) is 2.40. The third-order valence-corrected chi connectivity index (χ3v) is 2.62. The van der Waals surface area contributed by atoms with Gasteiger partial charge < -0.3 is 15.4 Å². The molecule has 0 bridgehead atoms. The zero-order valence-corrected chi connectivity index (χ0v) is 11.2. The van der Waals surface area contributed by atoms with E-state index in [2.05, 4.69) is 17.9 Å². The molecule has 4 heteroatoms. The van der Waals surface area contributed by atoms with Crippen molar-refractivity contribution in [3.8, 4) is 6.07 Å². The SMILES string of the molecule is CC(C)OCCN(C)C(C)CC(C)(N)C#N. The lowest BCUT2D eigenvalue weighted by atomic mass is 9.96. The molecule has 16 heavy (non-hydrogen) atoms. The molecule has 0 rings (SSSR count). The Kier molecular flexibility index (Phi) is 6.58. The maximum Gasteiger partial charge on any atom is 0.102 e. The van der Waals surface area contributed by atoms with Gasteiger partial charge in [0, 0.05) is 12.6 Å². The molecule has 94 valence electrons. The molecule has 0 aromatic rings. The summed E-state index contributed by atoms with van der Waals surface area (Å²) < 4.78 is 5.48. The van der Waals surface area contributed by atoms with Crippen LogP contribution in [0.1, 0.15) is 34.1 Å². The van der Waals surface area contributed by atoms with Gasteiger partial charge in [0.2, 0.25) is 0 Å². The first kappa shape index (κ1) is 15.4. The lowest BCUT2D eigenvalue weighted by Crippen LogP contribution is -2.43. The van der Waals surface area contributed by atoms with E-state index in [1.807, 2.05) is 20.9 Å². The van der Waals surface area contributed by atoms with Gasteiger partial charge in [0.15, 0.2) is 0 Å². The van der Waals surface area contributed by atoms with Gasteiger partial charge in [-0.3, -0.25) is 0 Å². The van der Waals surface area contributed by atoms with Crippen LogP contribution in [0.4, 0.5) is 0 Å². The molecule has 2 unspecified atom stereocenters. The fourth-order valence-electron chi connectivity index (χ4n) is 1.47. The van der Waals surface area contributed by atoms with Gasteiger partial charge in [-0.25, -0.2) is 0 Å². The first-order valence-corrected chi connectivity index (χ1v) is 5.80. The van der Waals surface area contributed by atoms with Crippen molar-refractivity contribution in [1.29, 1.82) is 5.26 Å². The molecular formula is C12H25N3O. The summed E-state index contributed by atoms with van der Waals surface area (Å²) in [7, 11) is 2.03. The second-order valence-corrected chi connectivity index (χ2v) is 4.98. The van der Waals surface area contributed by atoms with Crippen molar-refractivity contribution in [3.05, 3.63) is 0 Å². The largest absolute Gasteiger partial charge is 0.377 e. The highest BCUT2D eigenvalue weighted by atomic mass is 16.5. The summed E-state index contributed by atoms with van der Waals surface area (Å²) in [5, 5.41) is 8.86. The monoisotopic (exact) mass is 227 g/mol. The van der Waals surface area contributed by atoms with E-state index in [4.69, 9.17) is 15.7 Å². The van der Waals surface area contributed by atoms with Crippen molar-refractivity contribution in [2.24, 2.45) is 5.73 Å². The molecule has 2 N–H and O–H groups in total. The van der Waals surface area contributed by atoms with E-state index < -0.39 is 5.54 Å². The fraction of sp³-hybridized carbons (Fsp3) is 0.917. The summed E-state index contributed by atoms with van der Waals surface area (Å²) in [5.74, 6) is 0. The number of nitriles is 1. The van der Waals surface area contributed by atoms with Gasteiger partial charge in [0.25, 0.3) is 0 Å². The molecule has 0 saturated carbocycles. The van der Waals surface area contributed by atoms with E-state index in [0.717, 1.165) is 6.54 Å². The van der Waals surface area contributed by atoms with Crippen LogP contribution in [0.25, 0.3) is 0 Å². The first-order chi connectivity index (χ1) is 7.28. The van der Waals surface area contributed by atoms with E-state index in [9.17, 15) is 0 Å². The molecule has 0 saturated heterocycles. The molecule has 0 aliphatic heterocycles. The Bertz CT molecular complexity index is 233. The Balaban J connectivity index is 3.91. The Hall–Kier alpha value is -0.630. The van der Waals surface area contributed by atoms with Crippen molar-refractivity contribution < 1.29 is 4.74 Å². The van der Waals surface area contributed by atoms with E-state index >= 15 is 0 Å². The number of hydrogen-bond acceptors (Lipinski definition) is 4. The van der Waals surface area contributed by atoms with Crippen LogP contribution in [0.5, 0.6) is 0 Å². The van der Waals surface area contributed by atoms with Crippen LogP contribution in [0.15, 0.2) is 0 Å². The van der Waals surface area contributed by atoms with E-state index in [-0.39, 0.29) is 12.1 Å². The Morgan fingerprint density at radius 3 is 2.44 bits per heavy atom. The number of likely N-dealkylation sites (N-methyl/N-ethyl adjacent to an activating group) is 1. The maximum atomic E-state index is 8.86. The molecule has 4 nitrogen and oxygen atoms in total. The van der Waals surface area contributed by atoms with E-state index in [0.29, 0.717) is 13.0 Å². The van der Waals surface area contributed by atoms with Crippen molar-refractivity contribution in [1.82, 2.24) is 4.90 Å². The van der Waals surface area contributed by atoms with Crippen LogP contribution in [-0.2, 0) is 4.74 Å². The van der Waals surface area contributed by atoms with Crippen LogP contribution in [-0.4, -0.2) is 42.8 Å². The highest BCUT2D eigenvalue weighted by molar-refractivity contribution is 5.02. The number of rotatable bonds is 7. The van der Waals surface area contributed by atoms with Crippen molar-refractivity contribution in [3.63, 3.8) is 0 Å². The van der Waals surface area contributed by atoms with Crippen molar-refractivity contribution in [2.75, 3.05) is 20.2 Å². The Morgan fingerprint density at radius 2 is 2.00 bits per heavy atom. The minimum Gasteiger partial charge on any atom is -0.377 e. The van der Waals surface area contributed by atoms with Crippen LogP contribution in [0, 0.1) is 11.3 Å². The highest BCUT2D eigenvalue weighted by Crippen LogP contribution is 2.11. The number of nitrogens with two attached hydrogens (primary N) is 1. The van der Waals surface area contributed by atoms with Crippen molar-refractivity contribution in [2.45, 2.75) is 51.8 Å². The molecule has 0 fully saturated rings. The average Bonchev–Trinajstić information content (AvgIpc) is 2.16. The third kappa shape index (κ3) is 6.78. The zero-order chi connectivity index (χ0) is 12.8. The van der Waals surface area contributed by atoms with Gasteiger partial charge in [-0.1, -0.05) is 0 Å². The lowest BCUT2D eigenvalue weighted by molar-refractivity contribution is 0.0553. The Morgan fingerprint density at radius 1 is 1.44 bits per heavy atom. The van der Waals surface area contributed by atoms with Crippen molar-refractivity contribution >= 4 is 0 Å². The molecular weight excluding hydrogens is 202 g/mol. The van der Waals surface area contributed by atoms with Gasteiger partial charge in [-0.2, -0.15) is 5.26 Å². The van der Waals surface area contributed by atoms with Crippen LogP contribution >= 0.6 is 0 Å². The fourth-order valence-corrected chi connectivity index (χ4v) is 1.47. The minimum absolute atomic E-state index is 0.266. The van der Waals surface area contributed by atoms with Gasteiger partial charge >= 0.3 is 0 Å². The van der Waals surface area contributed by atoms with E-state index in [1.54, 1.807) is 6.92 Å². The summed E-state index contributed by atoms with van der Waals surface area (Å²) in [6.45, 7) is 9.47. The smallest absolute Gasteiger partial charge is 0.102 e. The normalized spacial score (nSPS) is 17.2. The average molecular weight is 227 g/mol. The first-order valence-electron chi connectivity index (χ1n) is 5.80. The molecule has 0 aliphatic carbocycles. The second-order valence-electron chi connectivity index (χ2n) is 4.98. The zero-order valence-electron chi connectivity index (χ0n) is 11.2. The van der Waals surface area contributed by atoms with Crippen LogP contribution < -0.4 is 5.73 Å². The molecule has 0 amide bonds. The summed E-state index contributed by atoms with van der Waals surface area (Å²) >= 11 is 0. The summed E-state index contributed by atoms with van der Waals surface area (Å²) in [6.07, 6.45) is 0.935. The van der Waals surface area contributed by atoms with Gasteiger partial charge in [-0.05, 0) is 41.2 Å². The number of ether oxygens (including phenoxy) is 1. The molecule has 0 radical (unpaired) electrons. The quantitative estimate of drug-likeness (QED) is 0.713. The molecule has 2 atom stereocenters. The maximum absolute atomic E-state index is 8.86.